The van der Waals surface area contributed by atoms with Crippen molar-refractivity contribution in [2.24, 2.45) is 0 Å². The molecule has 0 aromatic carbocycles. The topological polar surface area (TPSA) is 90.5 Å². The van der Waals surface area contributed by atoms with E-state index in [0.29, 0.717) is 18.8 Å². The van der Waals surface area contributed by atoms with Gasteiger partial charge in [0, 0.05) is 13.1 Å². The van der Waals surface area contributed by atoms with Crippen LogP contribution in [0.15, 0.2) is 6.20 Å². The molecule has 0 bridgehead atoms. The molecule has 0 unspecified atom stereocenters. The van der Waals surface area contributed by atoms with Crippen molar-refractivity contribution in [2.45, 2.75) is 39.3 Å². The first-order chi connectivity index (χ1) is 9.17. The summed E-state index contributed by atoms with van der Waals surface area (Å²) in [5, 5.41) is 14.9. The summed E-state index contributed by atoms with van der Waals surface area (Å²) in [6.45, 7) is 7.92. The normalized spacial score (nSPS) is 15.9. The summed E-state index contributed by atoms with van der Waals surface area (Å²) in [5.74, 6) is 0. The fourth-order valence-electron chi connectivity index (χ4n) is 1.94. The van der Waals surface area contributed by atoms with E-state index in [-0.39, 0.29) is 17.8 Å². The first kappa shape index (κ1) is 14.3. The molecular formula is C12H18N4O4. The Balaban J connectivity index is 1.95. The van der Waals surface area contributed by atoms with Crippen LogP contribution < -0.4 is 0 Å². The van der Waals surface area contributed by atoms with E-state index in [1.54, 1.807) is 16.5 Å². The lowest BCUT2D eigenvalue weighted by atomic mass is 10.1. The zero-order valence-corrected chi connectivity index (χ0v) is 12.0. The van der Waals surface area contributed by atoms with Crippen LogP contribution in [0.3, 0.4) is 0 Å². The predicted molar refractivity (Wildman–Crippen MR) is 70.5 cm³/mol. The molecule has 0 aliphatic carbocycles. The third-order valence-corrected chi connectivity index (χ3v) is 2.98. The monoisotopic (exact) mass is 282 g/mol. The molecule has 0 spiro atoms. The Morgan fingerprint density at radius 3 is 2.55 bits per heavy atom. The lowest BCUT2D eigenvalue weighted by Crippen LogP contribution is -2.52. The van der Waals surface area contributed by atoms with Gasteiger partial charge in [0.2, 0.25) is 0 Å². The highest BCUT2D eigenvalue weighted by molar-refractivity contribution is 5.69. The molecular weight excluding hydrogens is 264 g/mol. The summed E-state index contributed by atoms with van der Waals surface area (Å²) in [4.78, 5) is 23.6. The van der Waals surface area contributed by atoms with E-state index in [2.05, 4.69) is 5.10 Å². The highest BCUT2D eigenvalue weighted by atomic mass is 16.6. The molecule has 1 aromatic rings. The molecule has 0 atom stereocenters. The van der Waals surface area contributed by atoms with Gasteiger partial charge in [0.25, 0.3) is 0 Å². The molecule has 0 radical (unpaired) electrons. The number of ether oxygens (including phenoxy) is 1. The quantitative estimate of drug-likeness (QED) is 0.610. The van der Waals surface area contributed by atoms with E-state index >= 15 is 0 Å². The van der Waals surface area contributed by atoms with E-state index in [1.165, 1.54) is 6.20 Å². The van der Waals surface area contributed by atoms with Gasteiger partial charge in [0.15, 0.2) is 0 Å². The van der Waals surface area contributed by atoms with Gasteiger partial charge in [0.05, 0.1) is 11.0 Å². The molecule has 1 aromatic heterocycles. The molecule has 2 heterocycles. The van der Waals surface area contributed by atoms with Crippen molar-refractivity contribution in [1.29, 1.82) is 0 Å². The zero-order chi connectivity index (χ0) is 15.1. The molecule has 8 heteroatoms. The van der Waals surface area contributed by atoms with Crippen LogP contribution in [0.2, 0.25) is 0 Å². The van der Waals surface area contributed by atoms with Gasteiger partial charge in [-0.1, -0.05) is 0 Å². The molecule has 1 aliphatic heterocycles. The average molecular weight is 282 g/mol. The van der Waals surface area contributed by atoms with Crippen LogP contribution in [0.5, 0.6) is 0 Å². The Hall–Kier alpha value is -2.12. The Morgan fingerprint density at radius 1 is 1.50 bits per heavy atom. The highest BCUT2D eigenvalue weighted by Crippen LogP contribution is 2.26. The number of carbonyl (C=O) groups excluding carboxylic acids is 1. The molecule has 1 saturated heterocycles. The lowest BCUT2D eigenvalue weighted by molar-refractivity contribution is -0.385. The van der Waals surface area contributed by atoms with Crippen molar-refractivity contribution >= 4 is 11.8 Å². The van der Waals surface area contributed by atoms with Gasteiger partial charge >= 0.3 is 11.8 Å². The van der Waals surface area contributed by atoms with Gasteiger partial charge in [-0.05, 0) is 27.7 Å². The van der Waals surface area contributed by atoms with E-state index in [4.69, 9.17) is 4.74 Å². The largest absolute Gasteiger partial charge is 0.444 e. The average Bonchev–Trinajstić information content (AvgIpc) is 2.54. The predicted octanol–water partition coefficient (Wildman–Crippen LogP) is 1.89. The summed E-state index contributed by atoms with van der Waals surface area (Å²) in [6, 6.07) is -0.0325. The van der Waals surface area contributed by atoms with Crippen molar-refractivity contribution in [3.8, 4) is 0 Å². The maximum atomic E-state index is 11.8. The number of likely N-dealkylation sites (tertiary alicyclic amines) is 1. The number of carbonyl (C=O) groups is 1. The van der Waals surface area contributed by atoms with Crippen LogP contribution in [0.25, 0.3) is 0 Å². The number of aryl methyl sites for hydroxylation is 1. The van der Waals surface area contributed by atoms with Crippen LogP contribution in [-0.2, 0) is 4.74 Å². The summed E-state index contributed by atoms with van der Waals surface area (Å²) in [7, 11) is 0. The minimum atomic E-state index is -0.525. The van der Waals surface area contributed by atoms with Gasteiger partial charge < -0.3 is 9.64 Å². The summed E-state index contributed by atoms with van der Waals surface area (Å²) >= 11 is 0. The maximum Gasteiger partial charge on any atom is 0.410 e. The highest BCUT2D eigenvalue weighted by Gasteiger charge is 2.36. The smallest absolute Gasteiger partial charge is 0.410 e. The van der Waals surface area contributed by atoms with Crippen molar-refractivity contribution in [2.75, 3.05) is 13.1 Å². The number of rotatable bonds is 2. The Labute approximate surface area is 116 Å². The molecule has 110 valence electrons. The Bertz CT molecular complexity index is 540. The minimum Gasteiger partial charge on any atom is -0.444 e. The van der Waals surface area contributed by atoms with E-state index in [1.807, 2.05) is 20.8 Å². The van der Waals surface area contributed by atoms with Crippen LogP contribution in [0.4, 0.5) is 10.5 Å². The van der Waals surface area contributed by atoms with E-state index < -0.39 is 10.5 Å². The summed E-state index contributed by atoms with van der Waals surface area (Å²) < 4.78 is 6.79. The van der Waals surface area contributed by atoms with Crippen LogP contribution in [0, 0.1) is 17.0 Å². The SMILES string of the molecule is Cc1nn(C2CN(C(=O)OC(C)(C)C)C2)cc1[N+](=O)[O-]. The number of nitrogens with zero attached hydrogens (tertiary/aromatic N) is 4. The Morgan fingerprint density at radius 2 is 2.10 bits per heavy atom. The first-order valence-corrected chi connectivity index (χ1v) is 6.35. The zero-order valence-electron chi connectivity index (χ0n) is 12.0. The van der Waals surface area contributed by atoms with Crippen LogP contribution in [-0.4, -0.2) is 44.4 Å². The Kier molecular flexibility index (Phi) is 3.41. The van der Waals surface area contributed by atoms with Crippen molar-refractivity contribution in [3.05, 3.63) is 22.0 Å². The maximum absolute atomic E-state index is 11.8. The van der Waals surface area contributed by atoms with E-state index in [0.717, 1.165) is 0 Å². The van der Waals surface area contributed by atoms with Gasteiger partial charge in [0.1, 0.15) is 17.5 Å². The molecule has 1 fully saturated rings. The number of nitro groups is 1. The van der Waals surface area contributed by atoms with Gasteiger partial charge in [-0.25, -0.2) is 4.79 Å². The second kappa shape index (κ2) is 4.77. The van der Waals surface area contributed by atoms with Gasteiger partial charge in [-0.2, -0.15) is 5.10 Å². The second-order valence-corrected chi connectivity index (χ2v) is 5.88. The molecule has 0 saturated carbocycles. The minimum absolute atomic E-state index is 0.000665. The summed E-state index contributed by atoms with van der Waals surface area (Å²) in [5.41, 5.74) is -0.144. The molecule has 0 N–H and O–H groups in total. The molecule has 1 amide bonds. The molecule has 1 aliphatic rings. The number of aromatic nitrogens is 2. The standard InChI is InChI=1S/C12H18N4O4/c1-8-10(16(18)19)7-15(13-8)9-5-14(6-9)11(17)20-12(2,3)4/h7,9H,5-6H2,1-4H3. The number of hydrogen-bond donors (Lipinski definition) is 0. The third kappa shape index (κ3) is 2.89. The fourth-order valence-corrected chi connectivity index (χ4v) is 1.94. The molecule has 20 heavy (non-hydrogen) atoms. The molecule has 8 nitrogen and oxygen atoms in total. The van der Waals surface area contributed by atoms with Crippen molar-refractivity contribution in [1.82, 2.24) is 14.7 Å². The fraction of sp³-hybridized carbons (Fsp3) is 0.667. The second-order valence-electron chi connectivity index (χ2n) is 5.88. The lowest BCUT2D eigenvalue weighted by Gasteiger charge is -2.39. The van der Waals surface area contributed by atoms with Crippen molar-refractivity contribution < 1.29 is 14.5 Å². The van der Waals surface area contributed by atoms with Crippen molar-refractivity contribution in [3.63, 3.8) is 0 Å². The van der Waals surface area contributed by atoms with E-state index in [9.17, 15) is 14.9 Å². The number of amides is 1. The van der Waals surface area contributed by atoms with Crippen LogP contribution >= 0.6 is 0 Å². The van der Waals surface area contributed by atoms with Gasteiger partial charge in [-0.15, -0.1) is 0 Å². The number of hydrogen-bond acceptors (Lipinski definition) is 5. The van der Waals surface area contributed by atoms with Crippen LogP contribution in [0.1, 0.15) is 32.5 Å². The summed E-state index contributed by atoms with van der Waals surface area (Å²) in [6.07, 6.45) is 1.04. The third-order valence-electron chi connectivity index (χ3n) is 2.98. The van der Waals surface area contributed by atoms with Gasteiger partial charge in [-0.3, -0.25) is 14.8 Å². The first-order valence-electron chi connectivity index (χ1n) is 6.35. The molecule has 2 rings (SSSR count).